The Labute approximate surface area is 97.5 Å². The van der Waals surface area contributed by atoms with Gasteiger partial charge in [0.15, 0.2) is 0 Å². The summed E-state index contributed by atoms with van der Waals surface area (Å²) in [5.74, 6) is 6.30. The van der Waals surface area contributed by atoms with Crippen LogP contribution in [0, 0.1) is 11.8 Å². The Morgan fingerprint density at radius 3 is 2.62 bits per heavy atom. The SMILES string of the molecule is CCc1nn(C)c(CC)c1C#CCCCO. The lowest BCUT2D eigenvalue weighted by Crippen LogP contribution is -1.97. The van der Waals surface area contributed by atoms with Gasteiger partial charge in [-0.15, -0.1) is 0 Å². The number of aryl methyl sites for hydroxylation is 2. The third-order valence-electron chi connectivity index (χ3n) is 2.58. The lowest BCUT2D eigenvalue weighted by molar-refractivity contribution is 0.290. The highest BCUT2D eigenvalue weighted by Gasteiger charge is 2.10. The van der Waals surface area contributed by atoms with Crippen LogP contribution in [0.4, 0.5) is 0 Å². The summed E-state index contributed by atoms with van der Waals surface area (Å²) in [7, 11) is 1.97. The third-order valence-corrected chi connectivity index (χ3v) is 2.58. The maximum Gasteiger partial charge on any atom is 0.0781 e. The molecule has 16 heavy (non-hydrogen) atoms. The predicted octanol–water partition coefficient (Wildman–Crippen LogP) is 1.67. The molecule has 0 saturated carbocycles. The fourth-order valence-corrected chi connectivity index (χ4v) is 1.74. The van der Waals surface area contributed by atoms with E-state index in [1.807, 2.05) is 11.7 Å². The molecule has 1 aromatic heterocycles. The topological polar surface area (TPSA) is 38.0 Å². The standard InChI is InChI=1S/C13H20N2O/c1-4-12-11(9-7-6-8-10-16)13(5-2)15(3)14-12/h16H,4-6,8,10H2,1-3H3. The third kappa shape index (κ3) is 2.86. The van der Waals surface area contributed by atoms with Crippen LogP contribution in [0.15, 0.2) is 0 Å². The summed E-state index contributed by atoms with van der Waals surface area (Å²) in [5, 5.41) is 13.1. The van der Waals surface area contributed by atoms with Gasteiger partial charge in [0.25, 0.3) is 0 Å². The molecule has 1 heterocycles. The molecule has 0 saturated heterocycles. The van der Waals surface area contributed by atoms with E-state index in [1.54, 1.807) is 0 Å². The molecule has 0 bridgehead atoms. The van der Waals surface area contributed by atoms with Gasteiger partial charge in [-0.05, 0) is 19.3 Å². The van der Waals surface area contributed by atoms with Gasteiger partial charge in [-0.3, -0.25) is 4.68 Å². The molecule has 1 N–H and O–H groups in total. The molecule has 0 radical (unpaired) electrons. The van der Waals surface area contributed by atoms with Gasteiger partial charge in [0.05, 0.1) is 17.0 Å². The van der Waals surface area contributed by atoms with E-state index in [2.05, 4.69) is 30.8 Å². The van der Waals surface area contributed by atoms with Gasteiger partial charge in [-0.25, -0.2) is 0 Å². The number of hydrogen-bond acceptors (Lipinski definition) is 2. The van der Waals surface area contributed by atoms with Gasteiger partial charge >= 0.3 is 0 Å². The lowest BCUT2D eigenvalue weighted by atomic mass is 10.1. The van der Waals surface area contributed by atoms with Crippen LogP contribution in [-0.4, -0.2) is 21.5 Å². The van der Waals surface area contributed by atoms with Gasteiger partial charge in [0, 0.05) is 20.1 Å². The Hall–Kier alpha value is -1.27. The van der Waals surface area contributed by atoms with Crippen molar-refractivity contribution in [2.45, 2.75) is 39.5 Å². The molecule has 3 nitrogen and oxygen atoms in total. The van der Waals surface area contributed by atoms with E-state index in [0.717, 1.165) is 36.9 Å². The zero-order valence-electron chi connectivity index (χ0n) is 10.4. The molecule has 0 aromatic carbocycles. The van der Waals surface area contributed by atoms with Crippen LogP contribution >= 0.6 is 0 Å². The van der Waals surface area contributed by atoms with Crippen molar-refractivity contribution in [1.29, 1.82) is 0 Å². The Bertz CT molecular complexity index is 396. The number of unbranched alkanes of at least 4 members (excludes halogenated alkanes) is 1. The van der Waals surface area contributed by atoms with Crippen molar-refractivity contribution in [3.05, 3.63) is 17.0 Å². The molecule has 88 valence electrons. The summed E-state index contributed by atoms with van der Waals surface area (Å²) in [5.41, 5.74) is 3.37. The summed E-state index contributed by atoms with van der Waals surface area (Å²) in [6.45, 7) is 4.43. The normalized spacial score (nSPS) is 10.0. The number of hydrogen-bond donors (Lipinski definition) is 1. The molecular formula is C13H20N2O. The quantitative estimate of drug-likeness (QED) is 0.619. The van der Waals surface area contributed by atoms with Crippen molar-refractivity contribution < 1.29 is 5.11 Å². The van der Waals surface area contributed by atoms with Gasteiger partial charge in [0.1, 0.15) is 0 Å². The summed E-state index contributed by atoms with van der Waals surface area (Å²) in [6.07, 6.45) is 3.36. The summed E-state index contributed by atoms with van der Waals surface area (Å²) in [6, 6.07) is 0. The largest absolute Gasteiger partial charge is 0.396 e. The van der Waals surface area contributed by atoms with E-state index >= 15 is 0 Å². The first-order chi connectivity index (χ1) is 7.74. The van der Waals surface area contributed by atoms with E-state index < -0.39 is 0 Å². The zero-order valence-corrected chi connectivity index (χ0v) is 10.4. The van der Waals surface area contributed by atoms with E-state index in [9.17, 15) is 0 Å². The van der Waals surface area contributed by atoms with Gasteiger partial charge < -0.3 is 5.11 Å². The molecule has 0 atom stereocenters. The molecule has 1 rings (SSSR count). The second kappa shape index (κ2) is 6.34. The molecule has 0 amide bonds. The van der Waals surface area contributed by atoms with Crippen molar-refractivity contribution in [1.82, 2.24) is 9.78 Å². The molecule has 0 aliphatic carbocycles. The highest BCUT2D eigenvalue weighted by atomic mass is 16.2. The van der Waals surface area contributed by atoms with Crippen LogP contribution in [-0.2, 0) is 19.9 Å². The fraction of sp³-hybridized carbons (Fsp3) is 0.615. The molecule has 0 aliphatic rings. The van der Waals surface area contributed by atoms with Crippen molar-refractivity contribution in [2.75, 3.05) is 6.61 Å². The number of nitrogens with zero attached hydrogens (tertiary/aromatic N) is 2. The van der Waals surface area contributed by atoms with Gasteiger partial charge in [-0.2, -0.15) is 5.10 Å². The highest BCUT2D eigenvalue weighted by Crippen LogP contribution is 2.13. The molecule has 0 spiro atoms. The highest BCUT2D eigenvalue weighted by molar-refractivity contribution is 5.42. The first-order valence-corrected chi connectivity index (χ1v) is 5.89. The van der Waals surface area contributed by atoms with Crippen LogP contribution in [0.1, 0.15) is 43.6 Å². The first kappa shape index (κ1) is 12.8. The average molecular weight is 220 g/mol. The van der Waals surface area contributed by atoms with E-state index in [1.165, 1.54) is 5.69 Å². The van der Waals surface area contributed by atoms with Crippen molar-refractivity contribution in [3.63, 3.8) is 0 Å². The van der Waals surface area contributed by atoms with E-state index in [4.69, 9.17) is 5.11 Å². The number of aliphatic hydroxyl groups is 1. The minimum atomic E-state index is 0.211. The van der Waals surface area contributed by atoms with Crippen LogP contribution in [0.3, 0.4) is 0 Å². The maximum atomic E-state index is 8.68. The molecule has 0 unspecified atom stereocenters. The fourth-order valence-electron chi connectivity index (χ4n) is 1.74. The summed E-state index contributed by atoms with van der Waals surface area (Å²) in [4.78, 5) is 0. The Morgan fingerprint density at radius 2 is 2.06 bits per heavy atom. The van der Waals surface area contributed by atoms with Crippen LogP contribution in [0.2, 0.25) is 0 Å². The Kier molecular flexibility index (Phi) is 5.07. The minimum absolute atomic E-state index is 0.211. The van der Waals surface area contributed by atoms with Crippen LogP contribution in [0.25, 0.3) is 0 Å². The monoisotopic (exact) mass is 220 g/mol. The predicted molar refractivity (Wildman–Crippen MR) is 65.2 cm³/mol. The second-order valence-corrected chi connectivity index (χ2v) is 3.73. The van der Waals surface area contributed by atoms with Gasteiger partial charge in [0.2, 0.25) is 0 Å². The lowest BCUT2D eigenvalue weighted by Gasteiger charge is -1.97. The molecule has 0 aliphatic heterocycles. The second-order valence-electron chi connectivity index (χ2n) is 3.73. The molecule has 3 heteroatoms. The summed E-state index contributed by atoms with van der Waals surface area (Å²) >= 11 is 0. The zero-order chi connectivity index (χ0) is 12.0. The van der Waals surface area contributed by atoms with Crippen molar-refractivity contribution >= 4 is 0 Å². The molecule has 0 fully saturated rings. The van der Waals surface area contributed by atoms with E-state index in [-0.39, 0.29) is 6.61 Å². The number of rotatable bonds is 4. The van der Waals surface area contributed by atoms with Gasteiger partial charge in [-0.1, -0.05) is 25.7 Å². The minimum Gasteiger partial charge on any atom is -0.396 e. The van der Waals surface area contributed by atoms with Crippen LogP contribution in [0.5, 0.6) is 0 Å². The first-order valence-electron chi connectivity index (χ1n) is 5.89. The number of aromatic nitrogens is 2. The van der Waals surface area contributed by atoms with E-state index in [0.29, 0.717) is 0 Å². The summed E-state index contributed by atoms with van der Waals surface area (Å²) < 4.78 is 1.93. The van der Waals surface area contributed by atoms with Crippen LogP contribution < -0.4 is 0 Å². The van der Waals surface area contributed by atoms with Crippen molar-refractivity contribution in [2.24, 2.45) is 7.05 Å². The molecule has 1 aromatic rings. The Balaban J connectivity index is 2.94. The maximum absolute atomic E-state index is 8.68. The average Bonchev–Trinajstić information content (AvgIpc) is 2.60. The van der Waals surface area contributed by atoms with Crippen molar-refractivity contribution in [3.8, 4) is 11.8 Å². The molecular weight excluding hydrogens is 200 g/mol. The smallest absolute Gasteiger partial charge is 0.0781 e. The Morgan fingerprint density at radius 1 is 1.31 bits per heavy atom. The number of aliphatic hydroxyl groups excluding tert-OH is 1.